The van der Waals surface area contributed by atoms with Crippen LogP contribution >= 0.6 is 23.1 Å². The number of methoxy groups -OCH3 is 2. The Labute approximate surface area is 165 Å². The van der Waals surface area contributed by atoms with Crippen molar-refractivity contribution in [1.29, 1.82) is 5.26 Å². The van der Waals surface area contributed by atoms with Gasteiger partial charge in [0.2, 0.25) is 5.91 Å². The Morgan fingerprint density at radius 3 is 2.74 bits per heavy atom. The van der Waals surface area contributed by atoms with Gasteiger partial charge in [0.05, 0.1) is 37.6 Å². The number of nitriles is 1. The number of rotatable bonds is 7. The van der Waals surface area contributed by atoms with Crippen LogP contribution in [-0.2, 0) is 11.3 Å². The summed E-state index contributed by atoms with van der Waals surface area (Å²) in [7, 11) is 3.11. The fourth-order valence-electron chi connectivity index (χ4n) is 2.46. The average molecular weight is 399 g/mol. The number of amides is 1. The van der Waals surface area contributed by atoms with Crippen LogP contribution in [0.1, 0.15) is 10.4 Å². The van der Waals surface area contributed by atoms with Crippen molar-refractivity contribution in [1.82, 2.24) is 10.3 Å². The summed E-state index contributed by atoms with van der Waals surface area (Å²) in [5.41, 5.74) is 1.10. The molecule has 2 aromatic heterocycles. The van der Waals surface area contributed by atoms with Crippen molar-refractivity contribution in [2.45, 2.75) is 11.6 Å². The zero-order chi connectivity index (χ0) is 19.2. The van der Waals surface area contributed by atoms with E-state index in [-0.39, 0.29) is 11.7 Å². The van der Waals surface area contributed by atoms with E-state index in [0.29, 0.717) is 34.1 Å². The second kappa shape index (κ2) is 8.75. The predicted molar refractivity (Wildman–Crippen MR) is 106 cm³/mol. The zero-order valence-electron chi connectivity index (χ0n) is 14.8. The molecule has 3 aromatic rings. The summed E-state index contributed by atoms with van der Waals surface area (Å²) in [6.07, 6.45) is 0. The SMILES string of the molecule is COc1cc2cc(C#N)c(SCC(=O)NCc3cccs3)nc2cc1OC. The molecule has 138 valence electrons. The molecule has 0 fully saturated rings. The van der Waals surface area contributed by atoms with Gasteiger partial charge >= 0.3 is 0 Å². The van der Waals surface area contributed by atoms with Gasteiger partial charge < -0.3 is 14.8 Å². The molecule has 0 aliphatic carbocycles. The topological polar surface area (TPSA) is 84.2 Å². The maximum atomic E-state index is 12.1. The standard InChI is InChI=1S/C19H17N3O3S2/c1-24-16-7-12-6-13(9-20)19(22-15(12)8-17(16)25-2)27-11-18(23)21-10-14-4-3-5-26-14/h3-8H,10-11H2,1-2H3,(H,21,23). The van der Waals surface area contributed by atoms with Gasteiger partial charge in [-0.3, -0.25) is 4.79 Å². The molecule has 8 heteroatoms. The molecule has 1 N–H and O–H groups in total. The van der Waals surface area contributed by atoms with Crippen molar-refractivity contribution in [3.05, 3.63) is 46.2 Å². The second-order valence-electron chi connectivity index (χ2n) is 5.50. The number of hydrogen-bond donors (Lipinski definition) is 1. The number of thioether (sulfide) groups is 1. The van der Waals surface area contributed by atoms with E-state index < -0.39 is 0 Å². The van der Waals surface area contributed by atoms with Crippen LogP contribution in [-0.4, -0.2) is 30.9 Å². The van der Waals surface area contributed by atoms with Crippen LogP contribution < -0.4 is 14.8 Å². The molecule has 0 aliphatic heterocycles. The van der Waals surface area contributed by atoms with E-state index in [1.807, 2.05) is 17.5 Å². The predicted octanol–water partition coefficient (Wildman–Crippen LogP) is 3.59. The van der Waals surface area contributed by atoms with Crippen LogP contribution in [0, 0.1) is 11.3 Å². The number of pyridine rings is 1. The van der Waals surface area contributed by atoms with E-state index in [1.54, 1.807) is 43.8 Å². The van der Waals surface area contributed by atoms with Crippen LogP contribution in [0.5, 0.6) is 11.5 Å². The first-order chi connectivity index (χ1) is 13.1. The Bertz CT molecular complexity index is 998. The van der Waals surface area contributed by atoms with Crippen molar-refractivity contribution in [3.8, 4) is 17.6 Å². The van der Waals surface area contributed by atoms with Gasteiger partial charge in [0.25, 0.3) is 0 Å². The minimum atomic E-state index is -0.105. The summed E-state index contributed by atoms with van der Waals surface area (Å²) in [6.45, 7) is 0.504. The third-order valence-electron chi connectivity index (χ3n) is 3.79. The number of nitrogens with one attached hydrogen (secondary N) is 1. The van der Waals surface area contributed by atoms with E-state index in [4.69, 9.17) is 9.47 Å². The first-order valence-electron chi connectivity index (χ1n) is 8.03. The summed E-state index contributed by atoms with van der Waals surface area (Å²) < 4.78 is 10.6. The number of fused-ring (bicyclic) bond motifs is 1. The van der Waals surface area contributed by atoms with Gasteiger partial charge in [0, 0.05) is 16.3 Å². The molecule has 1 amide bonds. The number of ether oxygens (including phenoxy) is 2. The van der Waals surface area contributed by atoms with Gasteiger partial charge in [0.15, 0.2) is 11.5 Å². The Hall–Kier alpha value is -2.76. The van der Waals surface area contributed by atoms with Crippen molar-refractivity contribution in [2.75, 3.05) is 20.0 Å². The van der Waals surface area contributed by atoms with Gasteiger partial charge in [-0.05, 0) is 23.6 Å². The lowest BCUT2D eigenvalue weighted by Gasteiger charge is -2.10. The Morgan fingerprint density at radius 2 is 2.07 bits per heavy atom. The minimum Gasteiger partial charge on any atom is -0.493 e. The number of thiophene rings is 1. The van der Waals surface area contributed by atoms with Crippen molar-refractivity contribution in [2.24, 2.45) is 0 Å². The maximum absolute atomic E-state index is 12.1. The van der Waals surface area contributed by atoms with Gasteiger partial charge in [-0.1, -0.05) is 17.8 Å². The Kier molecular flexibility index (Phi) is 6.16. The molecular weight excluding hydrogens is 382 g/mol. The smallest absolute Gasteiger partial charge is 0.230 e. The molecule has 0 saturated heterocycles. The summed E-state index contributed by atoms with van der Waals surface area (Å²) in [4.78, 5) is 17.7. The molecule has 2 heterocycles. The Morgan fingerprint density at radius 1 is 1.30 bits per heavy atom. The fraction of sp³-hybridized carbons (Fsp3) is 0.211. The van der Waals surface area contributed by atoms with Crippen LogP contribution in [0.3, 0.4) is 0 Å². The summed E-state index contributed by atoms with van der Waals surface area (Å²) >= 11 is 2.84. The molecule has 0 saturated carbocycles. The second-order valence-corrected chi connectivity index (χ2v) is 7.49. The van der Waals surface area contributed by atoms with E-state index in [0.717, 1.165) is 10.3 Å². The molecule has 27 heavy (non-hydrogen) atoms. The number of benzene rings is 1. The molecule has 1 aromatic carbocycles. The van der Waals surface area contributed by atoms with Gasteiger partial charge in [-0.15, -0.1) is 11.3 Å². The highest BCUT2D eigenvalue weighted by Crippen LogP contribution is 2.33. The zero-order valence-corrected chi connectivity index (χ0v) is 16.4. The number of aromatic nitrogens is 1. The molecular formula is C19H17N3O3S2. The summed E-state index contributed by atoms with van der Waals surface area (Å²) in [5, 5.41) is 15.6. The first-order valence-corrected chi connectivity index (χ1v) is 9.90. The minimum absolute atomic E-state index is 0.105. The van der Waals surface area contributed by atoms with Crippen molar-refractivity contribution >= 4 is 39.9 Å². The van der Waals surface area contributed by atoms with Crippen LogP contribution in [0.4, 0.5) is 0 Å². The van der Waals surface area contributed by atoms with E-state index >= 15 is 0 Å². The van der Waals surface area contributed by atoms with Gasteiger partial charge in [-0.2, -0.15) is 5.26 Å². The van der Waals surface area contributed by atoms with Crippen LogP contribution in [0.15, 0.2) is 40.7 Å². The highest BCUT2D eigenvalue weighted by molar-refractivity contribution is 8.00. The average Bonchev–Trinajstić information content (AvgIpc) is 3.22. The number of nitrogens with zero attached hydrogens (tertiary/aromatic N) is 2. The lowest BCUT2D eigenvalue weighted by molar-refractivity contribution is -0.118. The monoisotopic (exact) mass is 399 g/mol. The molecule has 0 atom stereocenters. The Balaban J connectivity index is 1.76. The third-order valence-corrected chi connectivity index (χ3v) is 5.65. The third kappa shape index (κ3) is 4.51. The van der Waals surface area contributed by atoms with Gasteiger partial charge in [0.1, 0.15) is 11.1 Å². The quantitative estimate of drug-likeness (QED) is 0.611. The maximum Gasteiger partial charge on any atom is 0.230 e. The molecule has 0 aliphatic rings. The van der Waals surface area contributed by atoms with Crippen LogP contribution in [0.25, 0.3) is 10.9 Å². The summed E-state index contributed by atoms with van der Waals surface area (Å²) in [6, 6.07) is 11.4. The molecule has 0 bridgehead atoms. The fourth-order valence-corrected chi connectivity index (χ4v) is 3.89. The molecule has 6 nitrogen and oxygen atoms in total. The highest BCUT2D eigenvalue weighted by Gasteiger charge is 2.13. The van der Waals surface area contributed by atoms with Crippen molar-refractivity contribution in [3.63, 3.8) is 0 Å². The van der Waals surface area contributed by atoms with E-state index in [9.17, 15) is 10.1 Å². The highest BCUT2D eigenvalue weighted by atomic mass is 32.2. The van der Waals surface area contributed by atoms with E-state index in [2.05, 4.69) is 16.4 Å². The number of carbonyl (C=O) groups is 1. The van der Waals surface area contributed by atoms with Gasteiger partial charge in [-0.25, -0.2) is 4.98 Å². The molecule has 0 spiro atoms. The van der Waals surface area contributed by atoms with Crippen LogP contribution in [0.2, 0.25) is 0 Å². The lowest BCUT2D eigenvalue weighted by Crippen LogP contribution is -2.24. The normalized spacial score (nSPS) is 10.4. The number of hydrogen-bond acceptors (Lipinski definition) is 7. The van der Waals surface area contributed by atoms with E-state index in [1.165, 1.54) is 11.8 Å². The van der Waals surface area contributed by atoms with Crippen molar-refractivity contribution < 1.29 is 14.3 Å². The largest absolute Gasteiger partial charge is 0.493 e. The lowest BCUT2D eigenvalue weighted by atomic mass is 10.1. The molecule has 3 rings (SSSR count). The molecule has 0 unspecified atom stereocenters. The summed E-state index contributed by atoms with van der Waals surface area (Å²) in [5.74, 6) is 1.22. The molecule has 0 radical (unpaired) electrons. The number of carbonyl (C=O) groups excluding carboxylic acids is 1. The first kappa shape index (κ1) is 19.0.